The van der Waals surface area contributed by atoms with E-state index in [4.69, 9.17) is 37.0 Å². The molecule has 0 saturated carbocycles. The molecule has 19 heteroatoms. The predicted molar refractivity (Wildman–Crippen MR) is 354 cm³/mol. The highest BCUT2D eigenvalue weighted by atomic mass is 31.2. The topological polar surface area (TPSA) is 237 Å². The number of phosphoric ester groups is 2. The molecule has 0 heterocycles. The molecule has 0 rings (SSSR count). The quantitative estimate of drug-likeness (QED) is 0.0169. The van der Waals surface area contributed by atoms with Gasteiger partial charge < -0.3 is 33.8 Å². The van der Waals surface area contributed by atoms with Gasteiger partial charge in [0.1, 0.15) is 19.3 Å². The molecule has 0 bridgehead atoms. The van der Waals surface area contributed by atoms with Crippen LogP contribution in [0.1, 0.15) is 336 Å². The minimum atomic E-state index is -4.96. The maximum Gasteiger partial charge on any atom is 0.472 e. The van der Waals surface area contributed by atoms with Crippen LogP contribution in [-0.4, -0.2) is 96.7 Å². The average molecular weight is 1290 g/mol. The van der Waals surface area contributed by atoms with Gasteiger partial charge in [-0.15, -0.1) is 0 Å². The van der Waals surface area contributed by atoms with Crippen molar-refractivity contribution in [2.75, 3.05) is 39.6 Å². The van der Waals surface area contributed by atoms with E-state index in [-0.39, 0.29) is 25.7 Å². The summed E-state index contributed by atoms with van der Waals surface area (Å²) >= 11 is 0. The smallest absolute Gasteiger partial charge is 0.462 e. The maximum absolute atomic E-state index is 13.0. The van der Waals surface area contributed by atoms with Gasteiger partial charge in [-0.2, -0.15) is 0 Å². The Morgan fingerprint density at radius 3 is 0.830 bits per heavy atom. The number of allylic oxidation sites excluding steroid dienone is 4. The Bertz CT molecular complexity index is 1780. The fraction of sp³-hybridized carbons (Fsp3) is 0.884. The van der Waals surface area contributed by atoms with Crippen molar-refractivity contribution in [2.24, 2.45) is 0 Å². The van der Waals surface area contributed by atoms with Crippen molar-refractivity contribution in [1.82, 2.24) is 0 Å². The van der Waals surface area contributed by atoms with Gasteiger partial charge in [-0.3, -0.25) is 37.3 Å². The third kappa shape index (κ3) is 62.4. The lowest BCUT2D eigenvalue weighted by molar-refractivity contribution is -0.161. The van der Waals surface area contributed by atoms with Crippen molar-refractivity contribution in [1.29, 1.82) is 0 Å². The Kier molecular flexibility index (Phi) is 61.5. The van der Waals surface area contributed by atoms with Gasteiger partial charge in [0.15, 0.2) is 12.2 Å². The van der Waals surface area contributed by atoms with Crippen molar-refractivity contribution in [3.8, 4) is 0 Å². The lowest BCUT2D eigenvalue weighted by atomic mass is 10.0. The predicted octanol–water partition coefficient (Wildman–Crippen LogP) is 19.4. The van der Waals surface area contributed by atoms with Gasteiger partial charge >= 0.3 is 39.5 Å². The van der Waals surface area contributed by atoms with Crippen LogP contribution in [0.25, 0.3) is 0 Å². The first-order valence-corrected chi connectivity index (χ1v) is 38.6. The summed E-state index contributed by atoms with van der Waals surface area (Å²) in [5.74, 6) is -2.16. The van der Waals surface area contributed by atoms with Gasteiger partial charge in [0.25, 0.3) is 0 Å². The average Bonchev–Trinajstić information content (AvgIpc) is 3.59. The fourth-order valence-corrected chi connectivity index (χ4v) is 11.6. The normalized spacial score (nSPS) is 14.2. The Balaban J connectivity index is 5.25. The summed E-state index contributed by atoms with van der Waals surface area (Å²) < 4.78 is 68.1. The molecule has 0 saturated heterocycles. The highest BCUT2D eigenvalue weighted by Gasteiger charge is 2.30. The number of aliphatic hydroxyl groups is 1. The third-order valence-corrected chi connectivity index (χ3v) is 17.4. The number of aliphatic hydroxyl groups excluding tert-OH is 1. The highest BCUT2D eigenvalue weighted by Crippen LogP contribution is 2.45. The molecule has 0 radical (unpaired) electrons. The van der Waals surface area contributed by atoms with Crippen molar-refractivity contribution >= 4 is 39.5 Å². The molecule has 5 atom stereocenters. The Morgan fingerprint density at radius 2 is 0.545 bits per heavy atom. The lowest BCUT2D eigenvalue weighted by Gasteiger charge is -2.21. The molecule has 0 spiro atoms. The first-order chi connectivity index (χ1) is 42.7. The summed E-state index contributed by atoms with van der Waals surface area (Å²) in [5, 5.41) is 10.6. The van der Waals surface area contributed by atoms with E-state index in [9.17, 15) is 43.2 Å². The largest absolute Gasteiger partial charge is 0.472 e. The molecule has 0 fully saturated rings. The van der Waals surface area contributed by atoms with Crippen LogP contribution in [-0.2, 0) is 65.4 Å². The van der Waals surface area contributed by atoms with Crippen LogP contribution in [0.3, 0.4) is 0 Å². The molecule has 0 aromatic heterocycles. The zero-order valence-electron chi connectivity index (χ0n) is 56.2. The number of esters is 4. The molecule has 0 aromatic rings. The van der Waals surface area contributed by atoms with Crippen molar-refractivity contribution in [3.05, 3.63) is 24.3 Å². The van der Waals surface area contributed by atoms with Gasteiger partial charge in [0.2, 0.25) is 0 Å². The standard InChI is InChI=1S/C69H130O17P2/c1-5-9-13-17-21-25-27-29-31-33-35-39-42-46-50-54-67(72)80-60-65(86-69(74)56-52-48-44-40-36-34-32-30-28-26-22-18-14-10-6-2)62-84-88(77,78)82-58-63(70)57-81-87(75,76)83-61-64(85-68(73)55-51-47-43-38-24-20-16-12-8-4)59-79-66(71)53-49-45-41-37-23-19-15-11-7-3/h26,28,30,32,63-65,70H,5-25,27,29,31,33-62H2,1-4H3,(H,75,76)(H,77,78)/b28-26-,32-30-/t63-,64+,65+/m0/s1. The summed E-state index contributed by atoms with van der Waals surface area (Å²) in [4.78, 5) is 72.4. The zero-order valence-corrected chi connectivity index (χ0v) is 58.0. The number of hydrogen-bond acceptors (Lipinski definition) is 15. The number of unbranched alkanes of at least 4 members (excludes halogenated alkanes) is 39. The van der Waals surface area contributed by atoms with E-state index in [0.717, 1.165) is 103 Å². The highest BCUT2D eigenvalue weighted by molar-refractivity contribution is 7.47. The summed E-state index contributed by atoms with van der Waals surface area (Å²) in [5.41, 5.74) is 0. The summed E-state index contributed by atoms with van der Waals surface area (Å²) in [7, 11) is -9.90. The second kappa shape index (κ2) is 63.3. The first-order valence-electron chi connectivity index (χ1n) is 35.6. The van der Waals surface area contributed by atoms with E-state index in [0.29, 0.717) is 25.7 Å². The van der Waals surface area contributed by atoms with Gasteiger partial charge in [0, 0.05) is 25.7 Å². The van der Waals surface area contributed by atoms with Gasteiger partial charge in [-0.25, -0.2) is 9.13 Å². The summed E-state index contributed by atoms with van der Waals surface area (Å²) in [6, 6.07) is 0. The van der Waals surface area contributed by atoms with Crippen LogP contribution in [0.15, 0.2) is 24.3 Å². The van der Waals surface area contributed by atoms with Crippen LogP contribution >= 0.6 is 15.6 Å². The fourth-order valence-electron chi connectivity index (χ4n) is 9.98. The molecular weight excluding hydrogens is 1160 g/mol. The van der Waals surface area contributed by atoms with E-state index in [1.807, 2.05) is 0 Å². The van der Waals surface area contributed by atoms with Gasteiger partial charge in [0.05, 0.1) is 26.4 Å². The van der Waals surface area contributed by atoms with Crippen LogP contribution < -0.4 is 0 Å². The second-order valence-electron chi connectivity index (χ2n) is 24.2. The van der Waals surface area contributed by atoms with E-state index in [1.165, 1.54) is 154 Å². The van der Waals surface area contributed by atoms with Crippen molar-refractivity contribution in [2.45, 2.75) is 354 Å². The van der Waals surface area contributed by atoms with Crippen molar-refractivity contribution in [3.63, 3.8) is 0 Å². The van der Waals surface area contributed by atoms with E-state index < -0.39 is 97.5 Å². The molecular formula is C69H130O17P2. The molecule has 0 aliphatic heterocycles. The Labute approximate surface area is 535 Å². The summed E-state index contributed by atoms with van der Waals surface area (Å²) in [6.07, 6.45) is 53.5. The molecule has 17 nitrogen and oxygen atoms in total. The Hall–Kier alpha value is -2.46. The van der Waals surface area contributed by atoms with Crippen LogP contribution in [0.5, 0.6) is 0 Å². The molecule has 0 aromatic carbocycles. The monoisotopic (exact) mass is 1290 g/mol. The van der Waals surface area contributed by atoms with Crippen LogP contribution in [0.4, 0.5) is 0 Å². The lowest BCUT2D eigenvalue weighted by Crippen LogP contribution is -2.30. The minimum absolute atomic E-state index is 0.0858. The van der Waals surface area contributed by atoms with Gasteiger partial charge in [-0.1, -0.05) is 283 Å². The molecule has 2 unspecified atom stereocenters. The Morgan fingerprint density at radius 1 is 0.318 bits per heavy atom. The van der Waals surface area contributed by atoms with Crippen LogP contribution in [0, 0.1) is 0 Å². The van der Waals surface area contributed by atoms with Crippen molar-refractivity contribution < 1.29 is 80.2 Å². The molecule has 0 aliphatic rings. The number of hydrogen-bond donors (Lipinski definition) is 3. The van der Waals surface area contributed by atoms with Crippen LogP contribution in [0.2, 0.25) is 0 Å². The molecule has 0 amide bonds. The number of carbonyl (C=O) groups excluding carboxylic acids is 4. The zero-order chi connectivity index (χ0) is 64.7. The number of rotatable bonds is 68. The molecule has 3 N–H and O–H groups in total. The molecule has 88 heavy (non-hydrogen) atoms. The molecule has 518 valence electrons. The number of phosphoric acid groups is 2. The summed E-state index contributed by atoms with van der Waals surface area (Å²) in [6.45, 7) is 4.84. The van der Waals surface area contributed by atoms with E-state index in [1.54, 1.807) is 0 Å². The SMILES string of the molecule is CCCCCC/C=C\C=C/CCCCCCCC(=O)O[C@H](COC(=O)CCCCCCCCCCCCCCCCC)COP(=O)(O)OC[C@@H](O)COP(=O)(O)OC[C@@H](COC(=O)CCCCCCCCCCC)OC(=O)CCCCCCCCCCC. The first kappa shape index (κ1) is 85.5. The van der Waals surface area contributed by atoms with Gasteiger partial charge in [-0.05, 0) is 51.4 Å². The third-order valence-electron chi connectivity index (χ3n) is 15.5. The second-order valence-corrected chi connectivity index (χ2v) is 27.1. The maximum atomic E-state index is 13.0. The number of ether oxygens (including phenoxy) is 4. The van der Waals surface area contributed by atoms with E-state index >= 15 is 0 Å². The van der Waals surface area contributed by atoms with E-state index in [2.05, 4.69) is 52.0 Å². The minimum Gasteiger partial charge on any atom is -0.462 e. The number of carbonyl (C=O) groups is 4. The molecule has 0 aliphatic carbocycles.